The summed E-state index contributed by atoms with van der Waals surface area (Å²) in [4.78, 5) is 16.8. The molecule has 1 fully saturated rings. The number of hydrogen-bond donors (Lipinski definition) is 0. The van der Waals surface area contributed by atoms with E-state index < -0.39 is 14.9 Å². The van der Waals surface area contributed by atoms with Crippen molar-refractivity contribution in [2.75, 3.05) is 31.1 Å². The maximum absolute atomic E-state index is 12.9. The number of piperazine rings is 1. The molecule has 3 heterocycles. The molecule has 1 aromatic carbocycles. The van der Waals surface area contributed by atoms with Crippen molar-refractivity contribution in [3.63, 3.8) is 0 Å². The smallest absolute Gasteiger partial charge is 0.269 e. The van der Waals surface area contributed by atoms with E-state index in [1.807, 2.05) is 32.0 Å². The summed E-state index contributed by atoms with van der Waals surface area (Å²) in [5.74, 6) is 0.730. The molecule has 0 spiro atoms. The first-order valence-electron chi connectivity index (χ1n) is 9.76. The molecular weight excluding hydrogens is 420 g/mol. The highest BCUT2D eigenvalue weighted by Crippen LogP contribution is 2.28. The van der Waals surface area contributed by atoms with E-state index in [1.165, 1.54) is 28.6 Å². The zero-order chi connectivity index (χ0) is 22.2. The van der Waals surface area contributed by atoms with Crippen molar-refractivity contribution in [2.45, 2.75) is 18.7 Å². The lowest BCUT2D eigenvalue weighted by Gasteiger charge is -2.35. The van der Waals surface area contributed by atoms with Crippen molar-refractivity contribution in [1.82, 2.24) is 19.1 Å². The number of hydrogen-bond acceptors (Lipinski definition) is 7. The molecule has 162 valence electrons. The summed E-state index contributed by atoms with van der Waals surface area (Å²) in [6, 6.07) is 10.6. The first-order chi connectivity index (χ1) is 14.8. The molecule has 4 rings (SSSR count). The Kier molecular flexibility index (Phi) is 5.46. The molecule has 0 aliphatic carbocycles. The molecule has 2 aromatic heterocycles. The van der Waals surface area contributed by atoms with E-state index >= 15 is 0 Å². The Balaban J connectivity index is 1.51. The van der Waals surface area contributed by atoms with Gasteiger partial charge in [0.2, 0.25) is 10.0 Å². The van der Waals surface area contributed by atoms with Crippen LogP contribution in [0.15, 0.2) is 53.6 Å². The number of anilines is 1. The van der Waals surface area contributed by atoms with Gasteiger partial charge in [-0.1, -0.05) is 6.07 Å². The number of benzene rings is 1. The first kappa shape index (κ1) is 20.9. The van der Waals surface area contributed by atoms with E-state index in [4.69, 9.17) is 0 Å². The summed E-state index contributed by atoms with van der Waals surface area (Å²) in [6.45, 7) is 5.56. The van der Waals surface area contributed by atoms with Crippen molar-refractivity contribution in [2.24, 2.45) is 0 Å². The minimum absolute atomic E-state index is 0.0573. The Morgan fingerprint density at radius 1 is 1.00 bits per heavy atom. The van der Waals surface area contributed by atoms with Crippen molar-refractivity contribution in [3.8, 4) is 5.82 Å². The molecule has 0 unspecified atom stereocenters. The van der Waals surface area contributed by atoms with Crippen LogP contribution in [0.5, 0.6) is 0 Å². The molecule has 10 nitrogen and oxygen atoms in total. The van der Waals surface area contributed by atoms with E-state index in [-0.39, 0.29) is 10.6 Å². The number of nitro groups is 1. The third kappa shape index (κ3) is 3.89. The van der Waals surface area contributed by atoms with Crippen LogP contribution in [0.2, 0.25) is 0 Å². The van der Waals surface area contributed by atoms with Gasteiger partial charge in [0.05, 0.1) is 26.9 Å². The van der Waals surface area contributed by atoms with Crippen LogP contribution in [0.4, 0.5) is 11.4 Å². The van der Waals surface area contributed by atoms with Crippen LogP contribution in [-0.4, -0.2) is 58.6 Å². The number of sulfonamides is 1. The van der Waals surface area contributed by atoms with Gasteiger partial charge in [0.25, 0.3) is 5.69 Å². The van der Waals surface area contributed by atoms with Gasteiger partial charge in [-0.15, -0.1) is 0 Å². The average molecular weight is 443 g/mol. The Bertz CT molecular complexity index is 1200. The topological polar surface area (TPSA) is 114 Å². The monoisotopic (exact) mass is 442 g/mol. The van der Waals surface area contributed by atoms with Crippen LogP contribution < -0.4 is 4.90 Å². The number of aryl methyl sites for hydroxylation is 1. The maximum atomic E-state index is 12.9. The van der Waals surface area contributed by atoms with Crippen molar-refractivity contribution in [1.29, 1.82) is 0 Å². The molecule has 0 atom stereocenters. The fourth-order valence-electron chi connectivity index (χ4n) is 3.84. The van der Waals surface area contributed by atoms with Crippen molar-refractivity contribution >= 4 is 21.4 Å². The van der Waals surface area contributed by atoms with Gasteiger partial charge >= 0.3 is 0 Å². The number of pyridine rings is 1. The summed E-state index contributed by atoms with van der Waals surface area (Å²) in [6.07, 6.45) is 1.72. The summed E-state index contributed by atoms with van der Waals surface area (Å²) >= 11 is 0. The third-order valence-corrected chi connectivity index (χ3v) is 7.27. The molecule has 0 amide bonds. The SMILES string of the molecule is Cc1nn(-c2ccccn2)c(C)c1N1CCN(S(=O)(=O)c2ccc([N+](=O)[O-])cc2)CC1. The zero-order valence-corrected chi connectivity index (χ0v) is 18.0. The van der Waals surface area contributed by atoms with E-state index in [1.54, 1.807) is 10.9 Å². The quantitative estimate of drug-likeness (QED) is 0.440. The second-order valence-electron chi connectivity index (χ2n) is 7.26. The Labute approximate surface area is 179 Å². The Hall–Kier alpha value is -3.31. The lowest BCUT2D eigenvalue weighted by Crippen LogP contribution is -2.49. The minimum atomic E-state index is -3.71. The average Bonchev–Trinajstić information content (AvgIpc) is 3.08. The molecule has 1 aliphatic rings. The zero-order valence-electron chi connectivity index (χ0n) is 17.2. The summed E-state index contributed by atoms with van der Waals surface area (Å²) in [5.41, 5.74) is 2.65. The summed E-state index contributed by atoms with van der Waals surface area (Å²) < 4.78 is 29.1. The number of non-ortho nitro benzene ring substituents is 1. The number of nitrogens with zero attached hydrogens (tertiary/aromatic N) is 6. The predicted molar refractivity (Wildman–Crippen MR) is 115 cm³/mol. The van der Waals surface area contributed by atoms with Gasteiger partial charge in [0.15, 0.2) is 5.82 Å². The molecule has 1 aliphatic heterocycles. The Morgan fingerprint density at radius 2 is 1.68 bits per heavy atom. The van der Waals surface area contributed by atoms with Crippen molar-refractivity contribution < 1.29 is 13.3 Å². The van der Waals surface area contributed by atoms with Gasteiger partial charge in [-0.05, 0) is 38.1 Å². The second-order valence-corrected chi connectivity index (χ2v) is 9.20. The third-order valence-electron chi connectivity index (χ3n) is 5.36. The molecule has 0 radical (unpaired) electrons. The molecule has 0 N–H and O–H groups in total. The number of aromatic nitrogens is 3. The van der Waals surface area contributed by atoms with E-state index in [0.29, 0.717) is 26.2 Å². The van der Waals surface area contributed by atoms with Crippen LogP contribution in [0.1, 0.15) is 11.4 Å². The van der Waals surface area contributed by atoms with Crippen LogP contribution in [0, 0.1) is 24.0 Å². The molecule has 0 saturated carbocycles. The maximum Gasteiger partial charge on any atom is 0.269 e. The molecule has 11 heteroatoms. The normalized spacial score (nSPS) is 15.2. The summed E-state index contributed by atoms with van der Waals surface area (Å²) in [5, 5.41) is 15.4. The van der Waals surface area contributed by atoms with Gasteiger partial charge < -0.3 is 4.90 Å². The first-order valence-corrected chi connectivity index (χ1v) is 11.2. The number of nitro benzene ring substituents is 1. The van der Waals surface area contributed by atoms with E-state index in [2.05, 4.69) is 15.0 Å². The minimum Gasteiger partial charge on any atom is -0.366 e. The van der Waals surface area contributed by atoms with Gasteiger partial charge in [0.1, 0.15) is 0 Å². The van der Waals surface area contributed by atoms with Gasteiger partial charge in [0, 0.05) is 44.5 Å². The Morgan fingerprint density at radius 3 is 2.26 bits per heavy atom. The number of rotatable bonds is 5. The molecular formula is C20H22N6O4S. The highest BCUT2D eigenvalue weighted by molar-refractivity contribution is 7.89. The molecule has 0 bridgehead atoms. The molecule has 1 saturated heterocycles. The van der Waals surface area contributed by atoms with Crippen LogP contribution in [0.3, 0.4) is 0 Å². The highest BCUT2D eigenvalue weighted by Gasteiger charge is 2.30. The van der Waals surface area contributed by atoms with Crippen LogP contribution in [-0.2, 0) is 10.0 Å². The molecule has 3 aromatic rings. The second kappa shape index (κ2) is 8.08. The van der Waals surface area contributed by atoms with Gasteiger partial charge in [-0.3, -0.25) is 10.1 Å². The van der Waals surface area contributed by atoms with Gasteiger partial charge in [-0.2, -0.15) is 9.40 Å². The lowest BCUT2D eigenvalue weighted by molar-refractivity contribution is -0.384. The lowest BCUT2D eigenvalue weighted by atomic mass is 10.2. The van der Waals surface area contributed by atoms with Crippen LogP contribution >= 0.6 is 0 Å². The predicted octanol–water partition coefficient (Wildman–Crippen LogP) is 2.30. The van der Waals surface area contributed by atoms with Gasteiger partial charge in [-0.25, -0.2) is 18.1 Å². The van der Waals surface area contributed by atoms with E-state index in [0.717, 1.165) is 22.9 Å². The van der Waals surface area contributed by atoms with Crippen molar-refractivity contribution in [3.05, 3.63) is 70.2 Å². The highest BCUT2D eigenvalue weighted by atomic mass is 32.2. The fourth-order valence-corrected chi connectivity index (χ4v) is 5.26. The van der Waals surface area contributed by atoms with E-state index in [9.17, 15) is 18.5 Å². The standard InChI is InChI=1S/C20H22N6O4S/c1-15-20(16(2)25(22-15)19-5-3-4-10-21-19)23-11-13-24(14-12-23)31(29,30)18-8-6-17(7-9-18)26(27)28/h3-10H,11-14H2,1-2H3. The largest absolute Gasteiger partial charge is 0.366 e. The molecule has 31 heavy (non-hydrogen) atoms. The summed E-state index contributed by atoms with van der Waals surface area (Å²) in [7, 11) is -3.71. The fraction of sp³-hybridized carbons (Fsp3) is 0.300. The van der Waals surface area contributed by atoms with Crippen LogP contribution in [0.25, 0.3) is 5.82 Å².